The monoisotopic (exact) mass is 751 g/mol. The first-order valence-electron chi connectivity index (χ1n) is 16.1. The molecule has 1 amide bonds. The van der Waals surface area contributed by atoms with E-state index in [0.717, 1.165) is 12.1 Å². The lowest BCUT2D eigenvalue weighted by Crippen LogP contribution is -2.36. The van der Waals surface area contributed by atoms with Gasteiger partial charge >= 0.3 is 5.92 Å². The van der Waals surface area contributed by atoms with Crippen LogP contribution in [0, 0.1) is 41.2 Å². The van der Waals surface area contributed by atoms with Crippen LogP contribution in [0.15, 0.2) is 42.5 Å². The molecule has 0 saturated carbocycles. The number of fused-ring (bicyclic) bond motifs is 4. The van der Waals surface area contributed by atoms with Crippen molar-refractivity contribution in [2.24, 2.45) is 13.0 Å². The van der Waals surface area contributed by atoms with E-state index in [-0.39, 0.29) is 29.2 Å². The van der Waals surface area contributed by atoms with Gasteiger partial charge in [0.2, 0.25) is 5.91 Å². The third kappa shape index (κ3) is 6.44. The van der Waals surface area contributed by atoms with Crippen molar-refractivity contribution in [3.8, 4) is 34.8 Å². The number of rotatable bonds is 8. The Morgan fingerprint density at radius 3 is 2.43 bits per heavy atom. The minimum absolute atomic E-state index is 0.0831. The smallest absolute Gasteiger partial charge is 0.304 e. The van der Waals surface area contributed by atoms with E-state index in [4.69, 9.17) is 22.3 Å². The van der Waals surface area contributed by atoms with Gasteiger partial charge in [0.25, 0.3) is 6.43 Å². The van der Waals surface area contributed by atoms with Crippen LogP contribution in [-0.4, -0.2) is 41.2 Å². The Bertz CT molecular complexity index is 2450. The highest BCUT2D eigenvalue weighted by molar-refractivity contribution is 6.37. The maximum Gasteiger partial charge on any atom is 0.304 e. The lowest BCUT2D eigenvalue weighted by molar-refractivity contribution is -0.123. The minimum Gasteiger partial charge on any atom is -0.382 e. The Hall–Kier alpha value is -5.51. The predicted octanol–water partition coefficient (Wildman–Crippen LogP) is 6.33. The van der Waals surface area contributed by atoms with E-state index in [2.05, 4.69) is 39.2 Å². The van der Waals surface area contributed by atoms with Crippen LogP contribution >= 0.6 is 11.6 Å². The number of benzene rings is 2. The third-order valence-electron chi connectivity index (χ3n) is 8.97. The molecule has 3 aromatic heterocycles. The Morgan fingerprint density at radius 2 is 1.79 bits per heavy atom. The van der Waals surface area contributed by atoms with Crippen molar-refractivity contribution in [1.82, 2.24) is 29.9 Å². The summed E-state index contributed by atoms with van der Waals surface area (Å²) in [7, 11) is 1.63. The lowest BCUT2D eigenvalue weighted by Gasteiger charge is -2.24. The van der Waals surface area contributed by atoms with Crippen LogP contribution in [0.3, 0.4) is 0 Å². The molecular formula is C37H28ClF6N7O2. The van der Waals surface area contributed by atoms with E-state index in [1.165, 1.54) is 18.5 Å². The molecule has 272 valence electrons. The second-order valence-electron chi connectivity index (χ2n) is 13.3. The van der Waals surface area contributed by atoms with Crippen LogP contribution in [-0.2, 0) is 30.7 Å². The molecule has 0 unspecified atom stereocenters. The highest BCUT2D eigenvalue weighted by atomic mass is 35.5. The molecule has 4 N–H and O–H groups in total. The molecule has 0 fully saturated rings. The van der Waals surface area contributed by atoms with Gasteiger partial charge in [-0.15, -0.1) is 0 Å². The van der Waals surface area contributed by atoms with Crippen LogP contribution in [0.2, 0.25) is 5.02 Å². The number of nitrogen functional groups attached to an aromatic ring is 1. The summed E-state index contributed by atoms with van der Waals surface area (Å²) >= 11 is 6.50. The summed E-state index contributed by atoms with van der Waals surface area (Å²) in [6.45, 7) is 2.00. The van der Waals surface area contributed by atoms with Crippen LogP contribution in [0.25, 0.3) is 22.0 Å². The molecular weight excluding hydrogens is 724 g/mol. The largest absolute Gasteiger partial charge is 0.382 e. The van der Waals surface area contributed by atoms with Gasteiger partial charge in [0, 0.05) is 29.8 Å². The molecule has 9 nitrogen and oxygen atoms in total. The van der Waals surface area contributed by atoms with Gasteiger partial charge in [0.05, 0.1) is 33.6 Å². The molecule has 5 aromatic rings. The lowest BCUT2D eigenvalue weighted by atomic mass is 9.84. The third-order valence-corrected chi connectivity index (χ3v) is 9.28. The van der Waals surface area contributed by atoms with Crippen molar-refractivity contribution in [3.63, 3.8) is 0 Å². The average Bonchev–Trinajstić information content (AvgIpc) is 3.60. The zero-order chi connectivity index (χ0) is 38.1. The molecule has 3 heterocycles. The maximum atomic E-state index is 15.5. The summed E-state index contributed by atoms with van der Waals surface area (Å²) in [6, 6.07) is 7.93. The highest BCUT2D eigenvalue weighted by Crippen LogP contribution is 2.57. The number of nitrogens with one attached hydrogen (secondary N) is 1. The summed E-state index contributed by atoms with van der Waals surface area (Å²) in [5, 5.41) is 21.7. The standard InChI is InChI=1S/C37H28ClF6N7O2/c1-36(2,53)11-10-20-4-5-21(22-7-9-25(38)29-32(22)50(3)49-35(29)45)30(46-20)26(14-17-12-18(39)15-19(40)13-17)47-27(52)16-51-33-28(31(48-51)34(41)42)23-6-8-24(23)37(33,43)44/h4-5,7,9,12-13,15,23-24,26,34,53H,14,16H2,1-3H3,(H2,45,49)(H,47,52)/t23-,24+,26-/m0/s1. The number of alkyl halides is 4. The number of nitrogens with two attached hydrogens (primary N) is 1. The van der Waals surface area contributed by atoms with E-state index in [9.17, 15) is 27.5 Å². The van der Waals surface area contributed by atoms with Crippen LogP contribution in [0.5, 0.6) is 0 Å². The van der Waals surface area contributed by atoms with Crippen molar-refractivity contribution in [3.05, 3.63) is 93.0 Å². The van der Waals surface area contributed by atoms with Crippen molar-refractivity contribution in [2.45, 2.75) is 56.7 Å². The number of anilines is 1. The molecule has 0 radical (unpaired) electrons. The first-order valence-corrected chi connectivity index (χ1v) is 16.5. The number of carbonyl (C=O) groups is 1. The molecule has 53 heavy (non-hydrogen) atoms. The zero-order valence-electron chi connectivity index (χ0n) is 28.1. The van der Waals surface area contributed by atoms with Gasteiger partial charge in [0.1, 0.15) is 46.8 Å². The SMILES string of the molecule is Cn1nc(N)c2c(Cl)ccc(-c3ccc(C#CC(C)(C)O)nc3[C@H](Cc3cc(F)cc(F)c3)NC(=O)Cn3nc(C(F)F)c4c3C(F)(F)[C@@H]3C#C[C@H]43)c21. The summed E-state index contributed by atoms with van der Waals surface area (Å²) in [5.74, 6) is 1.31. The van der Waals surface area contributed by atoms with Crippen LogP contribution < -0.4 is 11.1 Å². The Balaban J connectivity index is 1.37. The van der Waals surface area contributed by atoms with Gasteiger partial charge in [-0.05, 0) is 62.1 Å². The molecule has 3 atom stereocenters. The number of amides is 1. The van der Waals surface area contributed by atoms with Gasteiger partial charge in [-0.3, -0.25) is 14.2 Å². The summed E-state index contributed by atoms with van der Waals surface area (Å²) in [5.41, 5.74) is 4.28. The van der Waals surface area contributed by atoms with Crippen LogP contribution in [0.1, 0.15) is 66.1 Å². The molecule has 0 saturated heterocycles. The topological polar surface area (TPSA) is 124 Å². The van der Waals surface area contributed by atoms with Gasteiger partial charge in [0.15, 0.2) is 5.82 Å². The quantitative estimate of drug-likeness (QED) is 0.126. The predicted molar refractivity (Wildman–Crippen MR) is 183 cm³/mol. The number of nitrogens with zero attached hydrogens (tertiary/aromatic N) is 5. The van der Waals surface area contributed by atoms with E-state index >= 15 is 8.78 Å². The summed E-state index contributed by atoms with van der Waals surface area (Å²) in [6.07, 6.45) is -3.50. The van der Waals surface area contributed by atoms with Crippen molar-refractivity contribution < 1.29 is 36.2 Å². The average molecular weight is 752 g/mol. The Morgan fingerprint density at radius 1 is 1.09 bits per heavy atom. The maximum absolute atomic E-state index is 15.5. The van der Waals surface area contributed by atoms with Crippen LogP contribution in [0.4, 0.5) is 32.2 Å². The summed E-state index contributed by atoms with van der Waals surface area (Å²) in [4.78, 5) is 18.6. The molecule has 0 bridgehead atoms. The fourth-order valence-electron chi connectivity index (χ4n) is 6.80. The van der Waals surface area contributed by atoms with Gasteiger partial charge in [-0.25, -0.2) is 22.5 Å². The molecule has 16 heteroatoms. The number of aromatic nitrogens is 5. The van der Waals surface area contributed by atoms with E-state index in [1.54, 1.807) is 31.3 Å². The second-order valence-corrected chi connectivity index (χ2v) is 13.7. The number of halogens is 7. The van der Waals surface area contributed by atoms with Gasteiger partial charge in [-0.2, -0.15) is 19.0 Å². The number of aryl methyl sites for hydroxylation is 1. The molecule has 2 aliphatic carbocycles. The number of carbonyl (C=O) groups excluding carboxylic acids is 1. The first kappa shape index (κ1) is 35.9. The fraction of sp³-hybridized carbons (Fsp3) is 0.297. The first-order chi connectivity index (χ1) is 24.9. The number of pyridine rings is 1. The molecule has 2 aromatic carbocycles. The zero-order valence-corrected chi connectivity index (χ0v) is 28.8. The number of aliphatic hydroxyl groups is 1. The van der Waals surface area contributed by atoms with E-state index in [1.807, 2.05) is 0 Å². The second kappa shape index (κ2) is 12.9. The van der Waals surface area contributed by atoms with Gasteiger partial charge < -0.3 is 16.2 Å². The van der Waals surface area contributed by atoms with Crippen molar-refractivity contribution in [1.29, 1.82) is 0 Å². The van der Waals surface area contributed by atoms with E-state index in [0.29, 0.717) is 37.8 Å². The van der Waals surface area contributed by atoms with Gasteiger partial charge in [-0.1, -0.05) is 35.4 Å². The van der Waals surface area contributed by atoms with Crippen molar-refractivity contribution in [2.75, 3.05) is 5.73 Å². The summed E-state index contributed by atoms with van der Waals surface area (Å²) < 4.78 is 90.0. The number of hydrogen-bond donors (Lipinski definition) is 3. The molecule has 7 rings (SSSR count). The molecule has 0 aliphatic heterocycles. The highest BCUT2D eigenvalue weighted by Gasteiger charge is 2.60. The van der Waals surface area contributed by atoms with Crippen molar-refractivity contribution >= 4 is 34.2 Å². The van der Waals surface area contributed by atoms with E-state index < -0.39 is 76.9 Å². The normalized spacial score (nSPS) is 17.4. The molecule has 2 aliphatic rings. The molecule has 0 spiro atoms. The number of hydrogen-bond acceptors (Lipinski definition) is 6. The Kier molecular flexibility index (Phi) is 8.70. The fourth-order valence-corrected chi connectivity index (χ4v) is 7.05. The Labute approximate surface area is 303 Å². The minimum atomic E-state index is -3.66.